The molecule has 0 radical (unpaired) electrons. The Hall–Kier alpha value is -2.79. The monoisotopic (exact) mass is 392 g/mol. The van der Waals surface area contributed by atoms with Crippen LogP contribution in [0.2, 0.25) is 0 Å². The molecule has 2 aromatic rings. The van der Waals surface area contributed by atoms with E-state index >= 15 is 0 Å². The number of ether oxygens (including phenoxy) is 2. The third-order valence-corrected chi connectivity index (χ3v) is 4.58. The number of rotatable bonds is 6. The van der Waals surface area contributed by atoms with Crippen LogP contribution in [0.15, 0.2) is 46.1 Å². The molecule has 1 saturated heterocycles. The van der Waals surface area contributed by atoms with E-state index in [9.17, 15) is 29.7 Å². The second-order valence-electron chi connectivity index (χ2n) is 6.31. The van der Waals surface area contributed by atoms with Crippen LogP contribution in [0, 0.1) is 0 Å². The molecular weight excluding hydrogens is 372 g/mol. The van der Waals surface area contributed by atoms with Crippen molar-refractivity contribution in [3.63, 3.8) is 0 Å². The highest BCUT2D eigenvalue weighted by atomic mass is 16.6. The second-order valence-corrected chi connectivity index (χ2v) is 6.31. The Morgan fingerprint density at radius 3 is 2.61 bits per heavy atom. The number of aromatic nitrogens is 2. The van der Waals surface area contributed by atoms with Gasteiger partial charge in [-0.25, -0.2) is 4.79 Å². The minimum atomic E-state index is -1.49. The van der Waals surface area contributed by atoms with E-state index in [0.717, 1.165) is 16.8 Å². The average molecular weight is 392 g/mol. The van der Waals surface area contributed by atoms with Crippen molar-refractivity contribution in [2.24, 2.45) is 0 Å². The molecule has 0 aliphatic carbocycles. The minimum absolute atomic E-state index is 0.258. The molecule has 1 aliphatic rings. The van der Waals surface area contributed by atoms with Crippen molar-refractivity contribution in [1.82, 2.24) is 9.13 Å². The van der Waals surface area contributed by atoms with Gasteiger partial charge in [-0.3, -0.25) is 18.7 Å². The number of carbonyl (C=O) groups excluding carboxylic acids is 1. The van der Waals surface area contributed by atoms with Gasteiger partial charge in [0.25, 0.3) is 5.56 Å². The summed E-state index contributed by atoms with van der Waals surface area (Å²) in [4.78, 5) is 37.4. The molecule has 0 saturated carbocycles. The predicted molar refractivity (Wildman–Crippen MR) is 95.3 cm³/mol. The number of ketones is 1. The first-order valence-corrected chi connectivity index (χ1v) is 8.49. The first-order valence-electron chi connectivity index (χ1n) is 8.49. The van der Waals surface area contributed by atoms with Crippen molar-refractivity contribution in [2.45, 2.75) is 31.1 Å². The van der Waals surface area contributed by atoms with Gasteiger partial charge in [0, 0.05) is 17.8 Å². The number of carbonyl (C=O) groups is 1. The van der Waals surface area contributed by atoms with E-state index in [1.807, 2.05) is 0 Å². The molecule has 1 aromatic heterocycles. The van der Waals surface area contributed by atoms with Crippen LogP contribution >= 0.6 is 0 Å². The fourth-order valence-electron chi connectivity index (χ4n) is 3.01. The zero-order chi connectivity index (χ0) is 20.4. The number of nitrogens with zero attached hydrogens (tertiary/aromatic N) is 2. The summed E-state index contributed by atoms with van der Waals surface area (Å²) in [6, 6.07) is 7.33. The van der Waals surface area contributed by atoms with Gasteiger partial charge in [-0.15, -0.1) is 0 Å². The van der Waals surface area contributed by atoms with E-state index < -0.39 is 54.7 Å². The first-order chi connectivity index (χ1) is 13.4. The number of hydrogen-bond acceptors (Lipinski definition) is 8. The summed E-state index contributed by atoms with van der Waals surface area (Å²) >= 11 is 0. The summed E-state index contributed by atoms with van der Waals surface area (Å²) in [5.74, 6) is -0.0350. The SMILES string of the molecule is COc1cccc(C(=O)Cn2c(=O)ccn([C@@H]3O[C@H](CO)[C@@H](O)[C@@H]3O)c2=O)c1. The average Bonchev–Trinajstić information content (AvgIpc) is 2.99. The molecule has 0 unspecified atom stereocenters. The molecule has 0 bridgehead atoms. The Balaban J connectivity index is 1.93. The maximum Gasteiger partial charge on any atom is 0.333 e. The largest absolute Gasteiger partial charge is 0.497 e. The molecule has 3 rings (SSSR count). The maximum atomic E-state index is 12.7. The normalized spacial score (nSPS) is 24.3. The molecule has 10 nitrogen and oxygen atoms in total. The molecule has 1 aliphatic heterocycles. The summed E-state index contributed by atoms with van der Waals surface area (Å²) in [5, 5.41) is 29.1. The van der Waals surface area contributed by atoms with Crippen LogP contribution in [0.1, 0.15) is 16.6 Å². The molecular formula is C18H20N2O8. The highest BCUT2D eigenvalue weighted by molar-refractivity contribution is 5.96. The van der Waals surface area contributed by atoms with E-state index in [4.69, 9.17) is 9.47 Å². The number of aliphatic hydroxyl groups is 3. The number of aliphatic hydroxyl groups excluding tert-OH is 3. The number of Topliss-reactive ketones (excluding diaryl/α,β-unsaturated/α-hetero) is 1. The summed E-state index contributed by atoms with van der Waals surface area (Å²) < 4.78 is 12.0. The van der Waals surface area contributed by atoms with Crippen LogP contribution in [0.5, 0.6) is 5.75 Å². The summed E-state index contributed by atoms with van der Waals surface area (Å²) in [5.41, 5.74) is -1.34. The van der Waals surface area contributed by atoms with Gasteiger partial charge in [-0.1, -0.05) is 12.1 Å². The second kappa shape index (κ2) is 8.07. The van der Waals surface area contributed by atoms with Crippen molar-refractivity contribution in [3.05, 3.63) is 62.9 Å². The molecule has 28 heavy (non-hydrogen) atoms. The lowest BCUT2D eigenvalue weighted by Crippen LogP contribution is -2.44. The third kappa shape index (κ3) is 3.62. The highest BCUT2D eigenvalue weighted by Gasteiger charge is 2.43. The number of methoxy groups -OCH3 is 1. The zero-order valence-corrected chi connectivity index (χ0v) is 15.0. The molecule has 0 spiro atoms. The molecule has 0 amide bonds. The Labute approximate surface area is 158 Å². The Morgan fingerprint density at radius 1 is 1.21 bits per heavy atom. The van der Waals surface area contributed by atoms with Gasteiger partial charge in [-0.05, 0) is 12.1 Å². The van der Waals surface area contributed by atoms with Gasteiger partial charge in [-0.2, -0.15) is 0 Å². The Bertz CT molecular complexity index is 982. The quantitative estimate of drug-likeness (QED) is 0.505. The fraction of sp³-hybridized carbons (Fsp3) is 0.389. The summed E-state index contributed by atoms with van der Waals surface area (Å²) in [6.45, 7) is -1.09. The van der Waals surface area contributed by atoms with Gasteiger partial charge in [0.05, 0.1) is 20.3 Å². The van der Waals surface area contributed by atoms with Crippen molar-refractivity contribution >= 4 is 5.78 Å². The van der Waals surface area contributed by atoms with Crippen LogP contribution in [0.3, 0.4) is 0 Å². The van der Waals surface area contributed by atoms with Crippen LogP contribution in [0.25, 0.3) is 0 Å². The van der Waals surface area contributed by atoms with Crippen molar-refractivity contribution < 1.29 is 29.6 Å². The van der Waals surface area contributed by atoms with Crippen LogP contribution in [0.4, 0.5) is 0 Å². The summed E-state index contributed by atoms with van der Waals surface area (Å²) in [7, 11) is 1.45. The lowest BCUT2D eigenvalue weighted by molar-refractivity contribution is -0.0555. The molecule has 1 aromatic carbocycles. The molecule has 1 fully saturated rings. The van der Waals surface area contributed by atoms with E-state index in [1.54, 1.807) is 12.1 Å². The lowest BCUT2D eigenvalue weighted by atomic mass is 10.1. The lowest BCUT2D eigenvalue weighted by Gasteiger charge is -2.18. The number of hydrogen-bond donors (Lipinski definition) is 3. The molecule has 150 valence electrons. The first kappa shape index (κ1) is 20.0. The Morgan fingerprint density at radius 2 is 1.96 bits per heavy atom. The smallest absolute Gasteiger partial charge is 0.333 e. The standard InChI is InChI=1S/C18H20N2O8/c1-27-11-4-2-3-10(7-11)12(22)8-20-14(23)5-6-19(18(20)26)17-16(25)15(24)13(9-21)28-17/h2-7,13,15-17,21,24-25H,8-9H2,1H3/t13-,15-,16+,17-/m1/s1. The van der Waals surface area contributed by atoms with Crippen molar-refractivity contribution in [3.8, 4) is 5.75 Å². The molecule has 2 heterocycles. The van der Waals surface area contributed by atoms with E-state index in [1.165, 1.54) is 19.2 Å². The van der Waals surface area contributed by atoms with Gasteiger partial charge in [0.1, 0.15) is 24.1 Å². The Kier molecular flexibility index (Phi) is 5.75. The van der Waals surface area contributed by atoms with Crippen molar-refractivity contribution in [2.75, 3.05) is 13.7 Å². The molecule has 4 atom stereocenters. The van der Waals surface area contributed by atoms with Gasteiger partial charge >= 0.3 is 5.69 Å². The minimum Gasteiger partial charge on any atom is -0.497 e. The maximum absolute atomic E-state index is 12.7. The molecule has 3 N–H and O–H groups in total. The highest BCUT2D eigenvalue weighted by Crippen LogP contribution is 2.27. The topological polar surface area (TPSA) is 140 Å². The summed E-state index contributed by atoms with van der Waals surface area (Å²) in [6.07, 6.45) is -4.17. The van der Waals surface area contributed by atoms with Crippen LogP contribution in [-0.2, 0) is 11.3 Å². The van der Waals surface area contributed by atoms with Crippen LogP contribution in [-0.4, -0.2) is 62.3 Å². The van der Waals surface area contributed by atoms with E-state index in [-0.39, 0.29) is 5.56 Å². The predicted octanol–water partition coefficient (Wildman–Crippen LogP) is -1.49. The van der Waals surface area contributed by atoms with Gasteiger partial charge < -0.3 is 24.8 Å². The number of benzene rings is 1. The molecule has 10 heteroatoms. The third-order valence-electron chi connectivity index (χ3n) is 4.58. The zero-order valence-electron chi connectivity index (χ0n) is 15.0. The van der Waals surface area contributed by atoms with Gasteiger partial charge in [0.15, 0.2) is 12.0 Å². The van der Waals surface area contributed by atoms with Crippen LogP contribution < -0.4 is 16.0 Å². The van der Waals surface area contributed by atoms with Gasteiger partial charge in [0.2, 0.25) is 0 Å². The van der Waals surface area contributed by atoms with Crippen molar-refractivity contribution in [1.29, 1.82) is 0 Å². The van der Waals surface area contributed by atoms with E-state index in [2.05, 4.69) is 0 Å². The van der Waals surface area contributed by atoms with E-state index in [0.29, 0.717) is 10.3 Å². The fourth-order valence-corrected chi connectivity index (χ4v) is 3.01.